The zero-order valence-corrected chi connectivity index (χ0v) is 32.6. The van der Waals surface area contributed by atoms with E-state index in [-0.39, 0.29) is 17.9 Å². The Morgan fingerprint density at radius 1 is 0.875 bits per heavy atom. The van der Waals surface area contributed by atoms with Crippen LogP contribution in [0.3, 0.4) is 0 Å². The second-order valence-corrected chi connectivity index (χ2v) is 15.8. The van der Waals surface area contributed by atoms with E-state index in [0.717, 1.165) is 60.0 Å². The van der Waals surface area contributed by atoms with Gasteiger partial charge in [0, 0.05) is 67.4 Å². The van der Waals surface area contributed by atoms with Crippen LogP contribution in [0.5, 0.6) is 5.75 Å². The molecule has 1 fully saturated rings. The van der Waals surface area contributed by atoms with Crippen molar-refractivity contribution >= 4 is 39.2 Å². The number of thioether (sulfide) groups is 1. The Morgan fingerprint density at radius 3 is 2.36 bits per heavy atom. The number of hydrogen-bond donors (Lipinski definition) is 2. The van der Waals surface area contributed by atoms with E-state index in [9.17, 15) is 26.4 Å². The predicted molar refractivity (Wildman–Crippen MR) is 211 cm³/mol. The molecule has 0 bridgehead atoms. The number of carbonyl (C=O) groups is 1. The van der Waals surface area contributed by atoms with Crippen LogP contribution in [0.1, 0.15) is 41.0 Å². The van der Waals surface area contributed by atoms with E-state index in [2.05, 4.69) is 50.5 Å². The second-order valence-electron chi connectivity index (χ2n) is 12.9. The van der Waals surface area contributed by atoms with Crippen molar-refractivity contribution in [3.05, 3.63) is 120 Å². The van der Waals surface area contributed by atoms with Crippen LogP contribution in [0.15, 0.2) is 107 Å². The number of piperazine rings is 1. The summed E-state index contributed by atoms with van der Waals surface area (Å²) >= 11 is 1.47. The van der Waals surface area contributed by atoms with Crippen molar-refractivity contribution in [1.82, 2.24) is 24.8 Å². The van der Waals surface area contributed by atoms with Crippen LogP contribution in [0, 0.1) is 0 Å². The van der Waals surface area contributed by atoms with Crippen molar-refractivity contribution in [3.8, 4) is 16.9 Å². The maximum atomic E-state index is 14.0. The van der Waals surface area contributed by atoms with Crippen molar-refractivity contribution < 1.29 is 31.1 Å². The molecule has 6 rings (SSSR count). The Balaban J connectivity index is 1.03. The van der Waals surface area contributed by atoms with Gasteiger partial charge in [-0.3, -0.25) is 14.7 Å². The normalized spacial score (nSPS) is 13.7. The molecule has 56 heavy (non-hydrogen) atoms. The number of halogens is 3. The molecular formula is C40H42F3N7O4S2. The first-order valence-corrected chi connectivity index (χ1v) is 20.6. The molecule has 1 saturated heterocycles. The topological polar surface area (TPSA) is 130 Å². The largest absolute Gasteiger partial charge is 0.492 e. The summed E-state index contributed by atoms with van der Waals surface area (Å²) in [4.78, 5) is 21.9. The van der Waals surface area contributed by atoms with E-state index in [1.807, 2.05) is 59.1 Å². The average Bonchev–Trinajstić information content (AvgIpc) is 3.20. The number of aromatic nitrogens is 3. The lowest BCUT2D eigenvalue weighted by Crippen LogP contribution is -2.46. The van der Waals surface area contributed by atoms with Gasteiger partial charge in [-0.2, -0.15) is 13.2 Å². The molecule has 2 N–H and O–H groups in total. The van der Waals surface area contributed by atoms with Crippen molar-refractivity contribution in [2.75, 3.05) is 55.3 Å². The molecule has 1 aliphatic rings. The second kappa shape index (κ2) is 18.2. The number of hydrogen-bond acceptors (Lipinski definition) is 11. The zero-order chi connectivity index (χ0) is 39.7. The van der Waals surface area contributed by atoms with Gasteiger partial charge in [0.1, 0.15) is 5.75 Å². The van der Waals surface area contributed by atoms with Crippen molar-refractivity contribution in [2.45, 2.75) is 42.8 Å². The minimum atomic E-state index is -4.85. The highest BCUT2D eigenvalue weighted by Crippen LogP contribution is 2.36. The maximum Gasteiger partial charge on any atom is 0.418 e. The quantitative estimate of drug-likeness (QED) is 0.0826. The summed E-state index contributed by atoms with van der Waals surface area (Å²) in [5.41, 5.74) is 2.87. The first-order chi connectivity index (χ1) is 26.9. The molecule has 2 aromatic heterocycles. The van der Waals surface area contributed by atoms with Crippen LogP contribution in [0.2, 0.25) is 0 Å². The number of aryl methyl sites for hydroxylation is 1. The summed E-state index contributed by atoms with van der Waals surface area (Å²) in [5.74, 6) is 0.624. The Labute approximate surface area is 328 Å². The van der Waals surface area contributed by atoms with Crippen LogP contribution in [-0.4, -0.2) is 79.5 Å². The van der Waals surface area contributed by atoms with Gasteiger partial charge in [-0.25, -0.2) is 13.1 Å². The van der Waals surface area contributed by atoms with Crippen LogP contribution in [0.25, 0.3) is 11.1 Å². The molecule has 16 heteroatoms. The summed E-state index contributed by atoms with van der Waals surface area (Å²) in [7, 11) is -4.68. The highest BCUT2D eigenvalue weighted by molar-refractivity contribution is 7.99. The fourth-order valence-corrected chi connectivity index (χ4v) is 8.06. The molecule has 11 nitrogen and oxygen atoms in total. The molecule has 0 aliphatic carbocycles. The fourth-order valence-electron chi connectivity index (χ4n) is 6.29. The van der Waals surface area contributed by atoms with Gasteiger partial charge in [0.05, 0.1) is 23.3 Å². The number of anilines is 2. The van der Waals surface area contributed by atoms with Gasteiger partial charge in [0.25, 0.3) is 15.9 Å². The van der Waals surface area contributed by atoms with Crippen molar-refractivity contribution in [1.29, 1.82) is 0 Å². The molecule has 3 heterocycles. The number of alkyl halides is 3. The van der Waals surface area contributed by atoms with E-state index in [1.165, 1.54) is 29.0 Å². The number of sulfonamides is 1. The fraction of sp³-hybridized carbons (Fsp3) is 0.300. The van der Waals surface area contributed by atoms with E-state index < -0.39 is 32.6 Å². The Bertz CT molecular complexity index is 2220. The summed E-state index contributed by atoms with van der Waals surface area (Å²) < 4.78 is 75.6. The van der Waals surface area contributed by atoms with Crippen LogP contribution >= 0.6 is 11.8 Å². The summed E-state index contributed by atoms with van der Waals surface area (Å²) in [6.45, 7) is 8.47. The molecule has 3 aromatic carbocycles. The van der Waals surface area contributed by atoms with E-state index in [0.29, 0.717) is 37.3 Å². The number of amides is 1. The number of carbonyl (C=O) groups excluding carboxylic acids is 1. The van der Waals surface area contributed by atoms with Crippen LogP contribution in [-0.2, 0) is 29.2 Å². The minimum absolute atomic E-state index is 0.203. The third kappa shape index (κ3) is 10.4. The lowest BCUT2D eigenvalue weighted by Gasteiger charge is -2.35. The maximum absolute atomic E-state index is 14.0. The van der Waals surface area contributed by atoms with Gasteiger partial charge in [-0.15, -0.1) is 22.0 Å². The highest BCUT2D eigenvalue weighted by atomic mass is 32.2. The number of ether oxygens (including phenoxy) is 1. The molecule has 0 saturated carbocycles. The predicted octanol–water partition coefficient (Wildman–Crippen LogP) is 7.16. The molecule has 5 aromatic rings. The lowest BCUT2D eigenvalue weighted by atomic mass is 9.98. The molecule has 0 atom stereocenters. The summed E-state index contributed by atoms with van der Waals surface area (Å²) in [5, 5.41) is 10.8. The summed E-state index contributed by atoms with van der Waals surface area (Å²) in [6.07, 6.45) is -0.424. The first-order valence-electron chi connectivity index (χ1n) is 18.1. The van der Waals surface area contributed by atoms with Gasteiger partial charge in [-0.1, -0.05) is 43.3 Å². The van der Waals surface area contributed by atoms with Crippen molar-refractivity contribution in [3.63, 3.8) is 0 Å². The number of nitrogens with one attached hydrogen (secondary N) is 2. The number of benzene rings is 3. The third-order valence-corrected chi connectivity index (χ3v) is 11.5. The van der Waals surface area contributed by atoms with Gasteiger partial charge in [0.15, 0.2) is 11.5 Å². The molecular weight excluding hydrogens is 764 g/mol. The summed E-state index contributed by atoms with van der Waals surface area (Å²) in [6, 6.07) is 23.4. The Hall–Kier alpha value is -5.19. The molecule has 1 amide bonds. The molecule has 0 spiro atoms. The van der Waals surface area contributed by atoms with E-state index in [1.54, 1.807) is 12.3 Å². The smallest absolute Gasteiger partial charge is 0.418 e. The van der Waals surface area contributed by atoms with Crippen LogP contribution in [0.4, 0.5) is 24.7 Å². The Morgan fingerprint density at radius 2 is 1.66 bits per heavy atom. The first kappa shape index (κ1) is 40.5. The number of nitrogens with zero attached hydrogens (tertiary/aromatic N) is 5. The SMILES string of the molecule is CCOc1cncc(-c2ccc(CN3CCN(c4ccc(C(=O)NS(=O)(=O)c5ccc(NCCSc6ccccc6)c(C(F)(F)F)c5)nn4)CC3)c(CC)c2)c1. The number of pyridine rings is 1. The Kier molecular flexibility index (Phi) is 13.1. The minimum Gasteiger partial charge on any atom is -0.492 e. The van der Waals surface area contributed by atoms with Gasteiger partial charge >= 0.3 is 6.18 Å². The molecule has 1 aliphatic heterocycles. The van der Waals surface area contributed by atoms with Gasteiger partial charge in [-0.05, 0) is 78.6 Å². The van der Waals surface area contributed by atoms with E-state index in [4.69, 9.17) is 4.74 Å². The van der Waals surface area contributed by atoms with Gasteiger partial charge in [0.2, 0.25) is 0 Å². The monoisotopic (exact) mass is 805 g/mol. The molecule has 0 radical (unpaired) electrons. The standard InChI is InChI=1S/C40H42F3N7O4S2/c1-3-28-22-29(31-23-32(54-4-2)26-44-25-31)10-11-30(28)27-49-17-19-50(20-18-49)38-15-14-37(46-47-38)39(51)48-56(52,53)34-12-13-36(35(24-34)40(41,42)43)45-16-21-55-33-8-6-5-7-9-33/h5-15,22-26,45H,3-4,16-21,27H2,1-2H3,(H,48,51). The average molecular weight is 806 g/mol. The molecule has 294 valence electrons. The number of rotatable bonds is 15. The van der Waals surface area contributed by atoms with Crippen LogP contribution < -0.4 is 19.7 Å². The highest BCUT2D eigenvalue weighted by Gasteiger charge is 2.35. The molecule has 0 unspecified atom stereocenters. The third-order valence-electron chi connectivity index (χ3n) is 9.18. The zero-order valence-electron chi connectivity index (χ0n) is 30.9. The van der Waals surface area contributed by atoms with Crippen molar-refractivity contribution in [2.24, 2.45) is 0 Å². The van der Waals surface area contributed by atoms with Gasteiger partial charge < -0.3 is 15.0 Å². The lowest BCUT2D eigenvalue weighted by molar-refractivity contribution is -0.137. The van der Waals surface area contributed by atoms with E-state index >= 15 is 0 Å².